The number of hydrogen-bond donors (Lipinski definition) is 0. The maximum absolute atomic E-state index is 11.5. The largest absolute Gasteiger partial charge is 0.271 e. The first-order valence-electron chi connectivity index (χ1n) is 5.73. The van der Waals surface area contributed by atoms with Gasteiger partial charge in [0.25, 0.3) is 10.1 Å². The average Bonchev–Trinajstić information content (AvgIpc) is 2.41. The minimum absolute atomic E-state index is 0.123. The van der Waals surface area contributed by atoms with Crippen molar-refractivity contribution in [3.63, 3.8) is 0 Å². The van der Waals surface area contributed by atoms with Crippen molar-refractivity contribution in [2.24, 2.45) is 5.92 Å². The molecule has 0 aromatic carbocycles. The summed E-state index contributed by atoms with van der Waals surface area (Å²) in [5.74, 6) is 0.618. The predicted octanol–water partition coefficient (Wildman–Crippen LogP) is 2.24. The Kier molecular flexibility index (Phi) is 3.46. The van der Waals surface area contributed by atoms with Crippen LogP contribution in [0.3, 0.4) is 0 Å². The molecule has 3 nitrogen and oxygen atoms in total. The van der Waals surface area contributed by atoms with E-state index >= 15 is 0 Å². The van der Waals surface area contributed by atoms with Crippen LogP contribution in [0.4, 0.5) is 0 Å². The molecule has 0 atom stereocenters. The van der Waals surface area contributed by atoms with Crippen molar-refractivity contribution in [1.82, 2.24) is 0 Å². The van der Waals surface area contributed by atoms with E-state index in [2.05, 4.69) is 6.08 Å². The molecule has 0 bridgehead atoms. The van der Waals surface area contributed by atoms with Crippen LogP contribution in [-0.2, 0) is 14.3 Å². The molecule has 1 aliphatic heterocycles. The van der Waals surface area contributed by atoms with Gasteiger partial charge >= 0.3 is 0 Å². The van der Waals surface area contributed by atoms with Gasteiger partial charge in [-0.05, 0) is 25.2 Å². The molecule has 0 aromatic rings. The summed E-state index contributed by atoms with van der Waals surface area (Å²) in [7, 11) is -3.29. The van der Waals surface area contributed by atoms with E-state index in [1.807, 2.05) is 0 Å². The lowest BCUT2D eigenvalue weighted by Crippen LogP contribution is -2.17. The van der Waals surface area contributed by atoms with Crippen LogP contribution in [-0.4, -0.2) is 20.8 Å². The van der Waals surface area contributed by atoms with Gasteiger partial charge in [-0.3, -0.25) is 4.18 Å². The molecule has 0 saturated heterocycles. The Bertz CT molecular complexity index is 337. The quantitative estimate of drug-likeness (QED) is 0.512. The van der Waals surface area contributed by atoms with Crippen LogP contribution in [0, 0.1) is 5.92 Å². The third-order valence-corrected chi connectivity index (χ3v) is 4.47. The van der Waals surface area contributed by atoms with Gasteiger partial charge in [-0.1, -0.05) is 30.9 Å². The zero-order valence-corrected chi connectivity index (χ0v) is 9.76. The highest BCUT2D eigenvalue weighted by Gasteiger charge is 2.24. The van der Waals surface area contributed by atoms with Crippen molar-refractivity contribution in [3.05, 3.63) is 11.6 Å². The molecule has 1 saturated carbocycles. The third-order valence-electron chi connectivity index (χ3n) is 3.26. The van der Waals surface area contributed by atoms with Gasteiger partial charge in [0.1, 0.15) is 0 Å². The minimum atomic E-state index is -3.29. The van der Waals surface area contributed by atoms with Crippen LogP contribution >= 0.6 is 0 Å². The van der Waals surface area contributed by atoms with Crippen molar-refractivity contribution in [3.8, 4) is 0 Å². The maximum atomic E-state index is 11.5. The van der Waals surface area contributed by atoms with Gasteiger partial charge in [-0.25, -0.2) is 0 Å². The van der Waals surface area contributed by atoms with E-state index in [0.29, 0.717) is 12.5 Å². The summed E-state index contributed by atoms with van der Waals surface area (Å²) in [6.07, 6.45) is 8.91. The van der Waals surface area contributed by atoms with Crippen LogP contribution in [0.15, 0.2) is 11.6 Å². The normalized spacial score (nSPS) is 28.1. The van der Waals surface area contributed by atoms with Gasteiger partial charge in [-0.15, -0.1) is 0 Å². The standard InChI is InChI=1S/C11H18O3S/c12-15(13)9-11(7-4-8-14-15)10-5-2-1-3-6-10/h7,10H,1-6,8-9H2. The van der Waals surface area contributed by atoms with E-state index in [-0.39, 0.29) is 5.75 Å². The van der Waals surface area contributed by atoms with E-state index in [1.165, 1.54) is 19.3 Å². The topological polar surface area (TPSA) is 43.4 Å². The van der Waals surface area contributed by atoms with Crippen LogP contribution in [0.2, 0.25) is 0 Å². The second kappa shape index (κ2) is 4.66. The zero-order chi connectivity index (χ0) is 10.7. The lowest BCUT2D eigenvalue weighted by atomic mass is 9.84. The molecule has 86 valence electrons. The molecular formula is C11H18O3S. The van der Waals surface area contributed by atoms with Crippen molar-refractivity contribution in [2.75, 3.05) is 12.4 Å². The molecule has 0 spiro atoms. The monoisotopic (exact) mass is 230 g/mol. The first-order valence-corrected chi connectivity index (χ1v) is 7.31. The molecule has 1 heterocycles. The molecule has 15 heavy (non-hydrogen) atoms. The minimum Gasteiger partial charge on any atom is -0.270 e. The number of hydrogen-bond acceptors (Lipinski definition) is 3. The summed E-state index contributed by atoms with van der Waals surface area (Å²) >= 11 is 0. The summed E-state index contributed by atoms with van der Waals surface area (Å²) in [5.41, 5.74) is 1.10. The molecule has 0 N–H and O–H groups in total. The Hall–Kier alpha value is -0.350. The molecule has 1 fully saturated rings. The van der Waals surface area contributed by atoms with Gasteiger partial charge in [0.2, 0.25) is 0 Å². The molecule has 0 aromatic heterocycles. The lowest BCUT2D eigenvalue weighted by molar-refractivity contribution is 0.329. The van der Waals surface area contributed by atoms with E-state index < -0.39 is 10.1 Å². The van der Waals surface area contributed by atoms with Crippen LogP contribution in [0.5, 0.6) is 0 Å². The van der Waals surface area contributed by atoms with Crippen LogP contribution < -0.4 is 0 Å². The predicted molar refractivity (Wildman–Crippen MR) is 59.0 cm³/mol. The molecule has 1 aliphatic carbocycles. The van der Waals surface area contributed by atoms with E-state index in [4.69, 9.17) is 4.18 Å². The Labute approximate surface area is 91.6 Å². The highest BCUT2D eigenvalue weighted by atomic mass is 32.2. The molecule has 0 amide bonds. The average molecular weight is 230 g/mol. The fourth-order valence-corrected chi connectivity index (χ4v) is 3.68. The Morgan fingerprint density at radius 2 is 1.93 bits per heavy atom. The molecular weight excluding hydrogens is 212 g/mol. The first kappa shape index (κ1) is 11.1. The molecule has 2 aliphatic rings. The summed E-state index contributed by atoms with van der Waals surface area (Å²) in [4.78, 5) is 0. The van der Waals surface area contributed by atoms with E-state index in [9.17, 15) is 8.42 Å². The smallest absolute Gasteiger partial charge is 0.270 e. The first-order chi connectivity index (χ1) is 7.17. The lowest BCUT2D eigenvalue weighted by Gasteiger charge is -2.23. The fourth-order valence-electron chi connectivity index (χ4n) is 2.48. The van der Waals surface area contributed by atoms with Gasteiger partial charge in [0, 0.05) is 0 Å². The van der Waals surface area contributed by atoms with Crippen molar-refractivity contribution < 1.29 is 12.6 Å². The SMILES string of the molecule is O=S1(=O)CC(C2CCCCC2)=CCCO1. The van der Waals surface area contributed by atoms with Crippen molar-refractivity contribution >= 4 is 10.1 Å². The van der Waals surface area contributed by atoms with Gasteiger partial charge in [0.05, 0.1) is 12.4 Å². The summed E-state index contributed by atoms with van der Waals surface area (Å²) < 4.78 is 27.8. The summed E-state index contributed by atoms with van der Waals surface area (Å²) in [6, 6.07) is 0. The summed E-state index contributed by atoms with van der Waals surface area (Å²) in [5, 5.41) is 0. The van der Waals surface area contributed by atoms with Crippen LogP contribution in [0.25, 0.3) is 0 Å². The number of rotatable bonds is 1. The Morgan fingerprint density at radius 3 is 2.67 bits per heavy atom. The van der Waals surface area contributed by atoms with Gasteiger partial charge in [0.15, 0.2) is 0 Å². The van der Waals surface area contributed by atoms with Crippen molar-refractivity contribution in [2.45, 2.75) is 38.5 Å². The maximum Gasteiger partial charge on any atom is 0.271 e. The zero-order valence-electron chi connectivity index (χ0n) is 8.94. The van der Waals surface area contributed by atoms with Gasteiger partial charge in [-0.2, -0.15) is 8.42 Å². The second-order valence-electron chi connectivity index (χ2n) is 4.43. The Balaban J connectivity index is 2.09. The van der Waals surface area contributed by atoms with E-state index in [1.54, 1.807) is 0 Å². The third kappa shape index (κ3) is 3.05. The van der Waals surface area contributed by atoms with E-state index in [0.717, 1.165) is 24.8 Å². The molecule has 2 rings (SSSR count). The summed E-state index contributed by atoms with van der Waals surface area (Å²) in [6.45, 7) is 0.318. The highest BCUT2D eigenvalue weighted by molar-refractivity contribution is 7.86. The molecule has 4 heteroatoms. The van der Waals surface area contributed by atoms with Gasteiger partial charge < -0.3 is 0 Å². The Morgan fingerprint density at radius 1 is 1.20 bits per heavy atom. The second-order valence-corrected chi connectivity index (χ2v) is 6.07. The fraction of sp³-hybridized carbons (Fsp3) is 0.818. The molecule has 0 radical (unpaired) electrons. The van der Waals surface area contributed by atoms with Crippen LogP contribution in [0.1, 0.15) is 38.5 Å². The van der Waals surface area contributed by atoms with Crippen molar-refractivity contribution in [1.29, 1.82) is 0 Å². The highest BCUT2D eigenvalue weighted by Crippen LogP contribution is 2.31. The molecule has 0 unspecified atom stereocenters.